The second-order valence-corrected chi connectivity index (χ2v) is 8.35. The Morgan fingerprint density at radius 3 is 2.29 bits per heavy atom. The number of ether oxygens (including phenoxy) is 1. The van der Waals surface area contributed by atoms with Gasteiger partial charge in [-0.1, -0.05) is 32.9 Å². The number of nitrogens with one attached hydrogen (secondary N) is 2. The van der Waals surface area contributed by atoms with Gasteiger partial charge in [0, 0.05) is 18.1 Å². The largest absolute Gasteiger partial charge is 0.481 e. The maximum Gasteiger partial charge on any atom is 0.260 e. The SMILES string of the molecule is CC(Oc1ccc(C(C)(C)C)cc1)C(=O)NC1CC2CCC(C1)N2. The summed E-state index contributed by atoms with van der Waals surface area (Å²) >= 11 is 0. The molecule has 2 aliphatic heterocycles. The predicted octanol–water partition coefficient (Wildman–Crippen LogP) is 3.15. The quantitative estimate of drug-likeness (QED) is 0.892. The van der Waals surface area contributed by atoms with Gasteiger partial charge in [-0.25, -0.2) is 0 Å². The lowest BCUT2D eigenvalue weighted by atomic mass is 9.87. The first-order valence-corrected chi connectivity index (χ1v) is 9.15. The van der Waals surface area contributed by atoms with Gasteiger partial charge in [-0.05, 0) is 55.7 Å². The second-order valence-electron chi connectivity index (χ2n) is 8.35. The van der Waals surface area contributed by atoms with Crippen molar-refractivity contribution in [2.45, 2.75) is 83.0 Å². The Bertz CT molecular complexity index is 564. The van der Waals surface area contributed by atoms with Gasteiger partial charge < -0.3 is 15.4 Å². The standard InChI is InChI=1S/C20H30N2O2/c1-13(24-18-9-5-14(6-10-18)20(2,3)4)19(23)22-17-11-15-7-8-16(12-17)21-15/h5-6,9-10,13,15-17,21H,7-8,11-12H2,1-4H3,(H,22,23). The summed E-state index contributed by atoms with van der Waals surface area (Å²) in [7, 11) is 0. The van der Waals surface area contributed by atoms with Crippen LogP contribution < -0.4 is 15.4 Å². The van der Waals surface area contributed by atoms with Gasteiger partial charge in [-0.2, -0.15) is 0 Å². The van der Waals surface area contributed by atoms with E-state index < -0.39 is 6.10 Å². The molecule has 0 spiro atoms. The highest BCUT2D eigenvalue weighted by Gasteiger charge is 2.34. The maximum atomic E-state index is 12.4. The minimum absolute atomic E-state index is 0.0128. The van der Waals surface area contributed by atoms with Crippen molar-refractivity contribution in [3.05, 3.63) is 29.8 Å². The van der Waals surface area contributed by atoms with Crippen molar-refractivity contribution >= 4 is 5.91 Å². The third-order valence-corrected chi connectivity index (χ3v) is 5.22. The average molecular weight is 330 g/mol. The molecule has 2 N–H and O–H groups in total. The van der Waals surface area contributed by atoms with Gasteiger partial charge in [-0.15, -0.1) is 0 Å². The summed E-state index contributed by atoms with van der Waals surface area (Å²) in [6, 6.07) is 9.50. The van der Waals surface area contributed by atoms with Crippen LogP contribution in [0.25, 0.3) is 0 Å². The van der Waals surface area contributed by atoms with Crippen molar-refractivity contribution in [1.29, 1.82) is 0 Å². The van der Waals surface area contributed by atoms with Crippen LogP contribution in [0, 0.1) is 0 Å². The van der Waals surface area contributed by atoms with E-state index in [0.29, 0.717) is 12.1 Å². The Hall–Kier alpha value is -1.55. The van der Waals surface area contributed by atoms with Crippen LogP contribution in [-0.2, 0) is 10.2 Å². The van der Waals surface area contributed by atoms with Crippen molar-refractivity contribution in [2.75, 3.05) is 0 Å². The zero-order valence-electron chi connectivity index (χ0n) is 15.3. The molecule has 2 bridgehead atoms. The van der Waals surface area contributed by atoms with Gasteiger partial charge in [0.2, 0.25) is 0 Å². The van der Waals surface area contributed by atoms with E-state index in [2.05, 4.69) is 43.5 Å². The van der Waals surface area contributed by atoms with E-state index in [-0.39, 0.29) is 17.4 Å². The lowest BCUT2D eigenvalue weighted by Crippen LogP contribution is -2.50. The molecule has 2 fully saturated rings. The number of benzene rings is 1. The molecule has 2 heterocycles. The van der Waals surface area contributed by atoms with E-state index in [0.717, 1.165) is 18.6 Å². The smallest absolute Gasteiger partial charge is 0.260 e. The number of hydrogen-bond acceptors (Lipinski definition) is 3. The molecule has 24 heavy (non-hydrogen) atoms. The Morgan fingerprint density at radius 2 is 1.75 bits per heavy atom. The highest BCUT2D eigenvalue weighted by atomic mass is 16.5. The summed E-state index contributed by atoms with van der Waals surface area (Å²) in [4.78, 5) is 12.4. The molecule has 0 radical (unpaired) electrons. The van der Waals surface area contributed by atoms with Crippen LogP contribution in [0.4, 0.5) is 0 Å². The Kier molecular flexibility index (Phi) is 4.86. The van der Waals surface area contributed by atoms with Crippen LogP contribution in [0.3, 0.4) is 0 Å². The van der Waals surface area contributed by atoms with Crippen LogP contribution in [0.5, 0.6) is 5.75 Å². The van der Waals surface area contributed by atoms with E-state index >= 15 is 0 Å². The van der Waals surface area contributed by atoms with Crippen molar-refractivity contribution in [3.8, 4) is 5.75 Å². The number of piperidine rings is 1. The molecule has 0 aromatic heterocycles. The highest BCUT2D eigenvalue weighted by molar-refractivity contribution is 5.81. The number of carbonyl (C=O) groups excluding carboxylic acids is 1. The van der Waals surface area contributed by atoms with Gasteiger partial charge in [0.05, 0.1) is 0 Å². The number of carbonyl (C=O) groups is 1. The fourth-order valence-electron chi connectivity index (χ4n) is 3.78. The Labute approximate surface area is 145 Å². The van der Waals surface area contributed by atoms with Crippen LogP contribution in [-0.4, -0.2) is 30.1 Å². The molecule has 2 saturated heterocycles. The molecular formula is C20H30N2O2. The summed E-state index contributed by atoms with van der Waals surface area (Å²) in [5.41, 5.74) is 1.38. The highest BCUT2D eigenvalue weighted by Crippen LogP contribution is 2.27. The lowest BCUT2D eigenvalue weighted by Gasteiger charge is -2.30. The van der Waals surface area contributed by atoms with Crippen LogP contribution in [0.1, 0.15) is 58.9 Å². The molecule has 3 rings (SSSR count). The van der Waals surface area contributed by atoms with Crippen LogP contribution >= 0.6 is 0 Å². The van der Waals surface area contributed by atoms with E-state index in [1.165, 1.54) is 18.4 Å². The molecule has 0 aliphatic carbocycles. The molecule has 3 unspecified atom stereocenters. The molecule has 4 heteroatoms. The summed E-state index contributed by atoms with van der Waals surface area (Å²) in [6.07, 6.45) is 4.08. The fourth-order valence-corrected chi connectivity index (χ4v) is 3.78. The first-order chi connectivity index (χ1) is 11.3. The lowest BCUT2D eigenvalue weighted by molar-refractivity contribution is -0.128. The predicted molar refractivity (Wildman–Crippen MR) is 96.3 cm³/mol. The van der Waals surface area contributed by atoms with E-state index in [9.17, 15) is 4.79 Å². The molecule has 1 aromatic rings. The molecule has 4 nitrogen and oxygen atoms in total. The molecule has 1 aromatic carbocycles. The first-order valence-electron chi connectivity index (χ1n) is 9.15. The third-order valence-electron chi connectivity index (χ3n) is 5.22. The van der Waals surface area contributed by atoms with E-state index in [1.807, 2.05) is 19.1 Å². The fraction of sp³-hybridized carbons (Fsp3) is 0.650. The molecule has 3 atom stereocenters. The normalized spacial score (nSPS) is 27.6. The first kappa shape index (κ1) is 17.3. The summed E-state index contributed by atoms with van der Waals surface area (Å²) < 4.78 is 5.83. The minimum atomic E-state index is -0.474. The zero-order chi connectivity index (χ0) is 17.3. The van der Waals surface area contributed by atoms with Crippen LogP contribution in [0.2, 0.25) is 0 Å². The summed E-state index contributed by atoms with van der Waals surface area (Å²) in [5, 5.41) is 6.77. The molecule has 0 saturated carbocycles. The second kappa shape index (κ2) is 6.75. The minimum Gasteiger partial charge on any atom is -0.481 e. The van der Waals surface area contributed by atoms with Gasteiger partial charge in [-0.3, -0.25) is 4.79 Å². The third kappa shape index (κ3) is 4.10. The van der Waals surface area contributed by atoms with Crippen molar-refractivity contribution in [1.82, 2.24) is 10.6 Å². The summed E-state index contributed by atoms with van der Waals surface area (Å²) in [5.74, 6) is 0.734. The topological polar surface area (TPSA) is 50.4 Å². The average Bonchev–Trinajstić information content (AvgIpc) is 2.85. The van der Waals surface area contributed by atoms with Gasteiger partial charge in [0.25, 0.3) is 5.91 Å². The Balaban J connectivity index is 1.52. The molecular weight excluding hydrogens is 300 g/mol. The van der Waals surface area contributed by atoms with Gasteiger partial charge in [0.1, 0.15) is 5.75 Å². The van der Waals surface area contributed by atoms with Crippen molar-refractivity contribution < 1.29 is 9.53 Å². The number of hydrogen-bond donors (Lipinski definition) is 2. The van der Waals surface area contributed by atoms with E-state index in [1.54, 1.807) is 0 Å². The van der Waals surface area contributed by atoms with Crippen molar-refractivity contribution in [3.63, 3.8) is 0 Å². The number of rotatable bonds is 4. The zero-order valence-corrected chi connectivity index (χ0v) is 15.3. The number of fused-ring (bicyclic) bond motifs is 2. The summed E-state index contributed by atoms with van der Waals surface area (Å²) in [6.45, 7) is 8.38. The van der Waals surface area contributed by atoms with E-state index in [4.69, 9.17) is 4.74 Å². The maximum absolute atomic E-state index is 12.4. The Morgan fingerprint density at radius 1 is 1.17 bits per heavy atom. The number of amides is 1. The molecule has 132 valence electrons. The molecule has 2 aliphatic rings. The monoisotopic (exact) mass is 330 g/mol. The van der Waals surface area contributed by atoms with Crippen molar-refractivity contribution in [2.24, 2.45) is 0 Å². The van der Waals surface area contributed by atoms with Gasteiger partial charge in [0.15, 0.2) is 6.10 Å². The van der Waals surface area contributed by atoms with Gasteiger partial charge >= 0.3 is 0 Å². The molecule has 1 amide bonds. The van der Waals surface area contributed by atoms with Crippen LogP contribution in [0.15, 0.2) is 24.3 Å².